The number of esters is 1. The van der Waals surface area contributed by atoms with Crippen LogP contribution in [-0.2, 0) is 11.2 Å². The fourth-order valence-corrected chi connectivity index (χ4v) is 3.34. The van der Waals surface area contributed by atoms with Crippen molar-refractivity contribution in [2.24, 2.45) is 0 Å². The van der Waals surface area contributed by atoms with Crippen LogP contribution in [0.4, 0.5) is 0 Å². The van der Waals surface area contributed by atoms with Gasteiger partial charge in [-0.1, -0.05) is 18.2 Å². The SMILES string of the molecule is COC(=O)c1ccc(-c2ccc3scc(CC#N)c3c2)cc1. The van der Waals surface area contributed by atoms with Gasteiger partial charge in [-0.3, -0.25) is 0 Å². The Morgan fingerprint density at radius 3 is 2.59 bits per heavy atom. The predicted molar refractivity (Wildman–Crippen MR) is 87.9 cm³/mol. The van der Waals surface area contributed by atoms with Crippen LogP contribution >= 0.6 is 11.3 Å². The first-order valence-electron chi connectivity index (χ1n) is 6.79. The number of fused-ring (bicyclic) bond motifs is 1. The molecule has 3 nitrogen and oxygen atoms in total. The summed E-state index contributed by atoms with van der Waals surface area (Å²) in [6, 6.07) is 15.8. The number of nitriles is 1. The van der Waals surface area contributed by atoms with Gasteiger partial charge >= 0.3 is 5.97 Å². The number of hydrogen-bond acceptors (Lipinski definition) is 4. The average Bonchev–Trinajstić information content (AvgIpc) is 2.97. The van der Waals surface area contributed by atoms with Crippen molar-refractivity contribution in [2.75, 3.05) is 7.11 Å². The summed E-state index contributed by atoms with van der Waals surface area (Å²) in [5.41, 5.74) is 3.70. The highest BCUT2D eigenvalue weighted by Crippen LogP contribution is 2.31. The van der Waals surface area contributed by atoms with Crippen molar-refractivity contribution in [3.63, 3.8) is 0 Å². The monoisotopic (exact) mass is 307 g/mol. The maximum atomic E-state index is 11.5. The van der Waals surface area contributed by atoms with Gasteiger partial charge in [0.15, 0.2) is 0 Å². The van der Waals surface area contributed by atoms with Crippen LogP contribution < -0.4 is 0 Å². The van der Waals surface area contributed by atoms with Crippen molar-refractivity contribution in [1.82, 2.24) is 0 Å². The molecular weight excluding hydrogens is 294 g/mol. The zero-order chi connectivity index (χ0) is 15.5. The molecule has 1 heterocycles. The molecule has 3 aromatic rings. The Morgan fingerprint density at radius 1 is 1.18 bits per heavy atom. The molecule has 0 saturated heterocycles. The minimum absolute atomic E-state index is 0.337. The molecule has 0 aliphatic rings. The number of hydrogen-bond donors (Lipinski definition) is 0. The summed E-state index contributed by atoms with van der Waals surface area (Å²) in [6.45, 7) is 0. The minimum atomic E-state index is -0.337. The molecule has 0 aliphatic carbocycles. The summed E-state index contributed by atoms with van der Waals surface area (Å²) in [6.07, 6.45) is 0.421. The van der Waals surface area contributed by atoms with Gasteiger partial charge in [0, 0.05) is 4.70 Å². The second-order valence-electron chi connectivity index (χ2n) is 4.88. The molecule has 0 N–H and O–H groups in total. The van der Waals surface area contributed by atoms with Crippen molar-refractivity contribution in [3.05, 3.63) is 59.0 Å². The molecule has 0 saturated carbocycles. The van der Waals surface area contributed by atoms with Crippen molar-refractivity contribution < 1.29 is 9.53 Å². The summed E-state index contributed by atoms with van der Waals surface area (Å²) >= 11 is 1.65. The number of methoxy groups -OCH3 is 1. The van der Waals surface area contributed by atoms with E-state index in [0.29, 0.717) is 12.0 Å². The van der Waals surface area contributed by atoms with Gasteiger partial charge in [0.1, 0.15) is 0 Å². The topological polar surface area (TPSA) is 50.1 Å². The maximum Gasteiger partial charge on any atom is 0.337 e. The van der Waals surface area contributed by atoms with Crippen molar-refractivity contribution in [2.45, 2.75) is 6.42 Å². The molecule has 0 fully saturated rings. The molecule has 2 aromatic carbocycles. The third-order valence-electron chi connectivity index (χ3n) is 3.56. The lowest BCUT2D eigenvalue weighted by Gasteiger charge is -2.04. The Hall–Kier alpha value is -2.64. The highest BCUT2D eigenvalue weighted by Gasteiger charge is 2.08. The second-order valence-corrected chi connectivity index (χ2v) is 5.79. The summed E-state index contributed by atoms with van der Waals surface area (Å²) in [5.74, 6) is -0.337. The summed E-state index contributed by atoms with van der Waals surface area (Å²) in [4.78, 5) is 11.5. The van der Waals surface area contributed by atoms with E-state index >= 15 is 0 Å². The number of ether oxygens (including phenoxy) is 1. The molecular formula is C18H13NO2S. The van der Waals surface area contributed by atoms with E-state index in [0.717, 1.165) is 22.1 Å². The number of benzene rings is 2. The van der Waals surface area contributed by atoms with E-state index in [-0.39, 0.29) is 5.97 Å². The van der Waals surface area contributed by atoms with Gasteiger partial charge in [0.25, 0.3) is 0 Å². The van der Waals surface area contributed by atoms with Gasteiger partial charge in [-0.2, -0.15) is 5.26 Å². The Bertz CT molecular complexity index is 872. The predicted octanol–water partition coefficient (Wildman–Crippen LogP) is 4.42. The van der Waals surface area contributed by atoms with E-state index in [9.17, 15) is 4.79 Å². The highest BCUT2D eigenvalue weighted by molar-refractivity contribution is 7.17. The molecule has 22 heavy (non-hydrogen) atoms. The molecule has 0 atom stereocenters. The fourth-order valence-electron chi connectivity index (χ4n) is 2.40. The van der Waals surface area contributed by atoms with E-state index < -0.39 is 0 Å². The molecule has 0 radical (unpaired) electrons. The molecule has 0 spiro atoms. The molecule has 0 unspecified atom stereocenters. The zero-order valence-corrected chi connectivity index (χ0v) is 12.8. The van der Waals surface area contributed by atoms with Crippen molar-refractivity contribution >= 4 is 27.4 Å². The molecule has 4 heteroatoms. The van der Waals surface area contributed by atoms with Crippen molar-refractivity contribution in [3.8, 4) is 17.2 Å². The van der Waals surface area contributed by atoms with Gasteiger partial charge < -0.3 is 4.74 Å². The Balaban J connectivity index is 2.01. The zero-order valence-electron chi connectivity index (χ0n) is 12.0. The van der Waals surface area contributed by atoms with E-state index in [1.165, 1.54) is 11.8 Å². The van der Waals surface area contributed by atoms with Crippen LogP contribution in [0, 0.1) is 11.3 Å². The van der Waals surface area contributed by atoms with Crippen molar-refractivity contribution in [1.29, 1.82) is 5.26 Å². The number of carbonyl (C=O) groups excluding carboxylic acids is 1. The number of rotatable bonds is 3. The quantitative estimate of drug-likeness (QED) is 0.673. The normalized spacial score (nSPS) is 10.4. The first-order chi connectivity index (χ1) is 10.7. The lowest BCUT2D eigenvalue weighted by Crippen LogP contribution is -2.00. The number of nitrogens with zero attached hydrogens (tertiary/aromatic N) is 1. The largest absolute Gasteiger partial charge is 0.465 e. The van der Waals surface area contributed by atoms with Gasteiger partial charge in [0.2, 0.25) is 0 Å². The molecule has 0 amide bonds. The average molecular weight is 307 g/mol. The summed E-state index contributed by atoms with van der Waals surface area (Å²) in [5, 5.41) is 12.1. The van der Waals surface area contributed by atoms with Gasteiger partial charge in [0.05, 0.1) is 25.2 Å². The van der Waals surface area contributed by atoms with Gasteiger partial charge in [-0.05, 0) is 51.7 Å². The Morgan fingerprint density at radius 2 is 1.91 bits per heavy atom. The minimum Gasteiger partial charge on any atom is -0.465 e. The van der Waals surface area contributed by atoms with E-state index in [2.05, 4.69) is 24.3 Å². The standard InChI is InChI=1S/C18H13NO2S/c1-21-18(20)13-4-2-12(3-5-13)14-6-7-17-16(10-14)15(8-9-19)11-22-17/h2-7,10-11H,8H2,1H3. The number of carbonyl (C=O) groups is 1. The molecule has 0 bridgehead atoms. The van der Waals surface area contributed by atoms with Crippen LogP contribution in [-0.4, -0.2) is 13.1 Å². The summed E-state index contributed by atoms with van der Waals surface area (Å²) in [7, 11) is 1.37. The third-order valence-corrected chi connectivity index (χ3v) is 4.57. The number of thiophene rings is 1. The fraction of sp³-hybridized carbons (Fsp3) is 0.111. The van der Waals surface area contributed by atoms with E-state index in [1.807, 2.05) is 17.5 Å². The Kier molecular flexibility index (Phi) is 3.90. The molecule has 1 aromatic heterocycles. The molecule has 0 aliphatic heterocycles. The third kappa shape index (κ3) is 2.59. The van der Waals surface area contributed by atoms with Crippen LogP contribution in [0.1, 0.15) is 15.9 Å². The second kappa shape index (κ2) is 6.00. The van der Waals surface area contributed by atoms with E-state index in [4.69, 9.17) is 10.00 Å². The highest BCUT2D eigenvalue weighted by atomic mass is 32.1. The first-order valence-corrected chi connectivity index (χ1v) is 7.66. The summed E-state index contributed by atoms with van der Waals surface area (Å²) < 4.78 is 5.88. The van der Waals surface area contributed by atoms with Crippen LogP contribution in [0.3, 0.4) is 0 Å². The van der Waals surface area contributed by atoms with E-state index in [1.54, 1.807) is 23.5 Å². The Labute approximate surface area is 132 Å². The van der Waals surface area contributed by atoms with Crippen LogP contribution in [0.15, 0.2) is 47.8 Å². The molecule has 108 valence electrons. The lowest BCUT2D eigenvalue weighted by atomic mass is 10.0. The van der Waals surface area contributed by atoms with Gasteiger partial charge in [-0.15, -0.1) is 11.3 Å². The lowest BCUT2D eigenvalue weighted by molar-refractivity contribution is 0.0601. The van der Waals surface area contributed by atoms with Crippen LogP contribution in [0.5, 0.6) is 0 Å². The maximum absolute atomic E-state index is 11.5. The smallest absolute Gasteiger partial charge is 0.337 e. The van der Waals surface area contributed by atoms with Crippen LogP contribution in [0.2, 0.25) is 0 Å². The molecule has 3 rings (SSSR count). The van der Waals surface area contributed by atoms with Gasteiger partial charge in [-0.25, -0.2) is 4.79 Å². The first kappa shape index (κ1) is 14.3. The van der Waals surface area contributed by atoms with Crippen LogP contribution in [0.25, 0.3) is 21.2 Å².